The van der Waals surface area contributed by atoms with E-state index in [4.69, 9.17) is 4.74 Å². The first kappa shape index (κ1) is 17.7. The van der Waals surface area contributed by atoms with E-state index in [-0.39, 0.29) is 19.1 Å². The molecule has 1 aromatic carbocycles. The Morgan fingerprint density at radius 3 is 2.50 bits per heavy atom. The van der Waals surface area contributed by atoms with Crippen LogP contribution in [0, 0.1) is 5.92 Å². The highest BCUT2D eigenvalue weighted by molar-refractivity contribution is 5.86. The minimum atomic E-state index is -0.639. The number of carbonyl (C=O) groups excluding carboxylic acids is 3. The lowest BCUT2D eigenvalue weighted by atomic mass is 10.0. The van der Waals surface area contributed by atoms with Crippen LogP contribution < -0.4 is 10.6 Å². The molecular weight excluding hydrogens is 284 g/mol. The second kappa shape index (κ2) is 9.55. The van der Waals surface area contributed by atoms with Crippen molar-refractivity contribution >= 4 is 18.3 Å². The number of hydrogen-bond donors (Lipinski definition) is 2. The second-order valence-corrected chi connectivity index (χ2v) is 5.33. The van der Waals surface area contributed by atoms with Gasteiger partial charge in [-0.15, -0.1) is 0 Å². The Hall–Kier alpha value is -2.37. The van der Waals surface area contributed by atoms with E-state index in [2.05, 4.69) is 10.6 Å². The highest BCUT2D eigenvalue weighted by Gasteiger charge is 2.19. The lowest BCUT2D eigenvalue weighted by Gasteiger charge is -2.17. The van der Waals surface area contributed by atoms with Crippen LogP contribution in [-0.4, -0.2) is 30.9 Å². The summed E-state index contributed by atoms with van der Waals surface area (Å²) in [5.41, 5.74) is 0.877. The maximum absolute atomic E-state index is 11.9. The Morgan fingerprint density at radius 2 is 1.91 bits per heavy atom. The van der Waals surface area contributed by atoms with Crippen molar-refractivity contribution in [3.05, 3.63) is 35.9 Å². The van der Waals surface area contributed by atoms with Gasteiger partial charge in [0, 0.05) is 0 Å². The molecule has 0 aliphatic carbocycles. The van der Waals surface area contributed by atoms with E-state index in [0.717, 1.165) is 5.56 Å². The van der Waals surface area contributed by atoms with Gasteiger partial charge in [-0.25, -0.2) is 0 Å². The Labute approximate surface area is 130 Å². The van der Waals surface area contributed by atoms with Gasteiger partial charge in [-0.3, -0.25) is 14.4 Å². The molecule has 0 aliphatic rings. The molecule has 0 bridgehead atoms. The molecule has 2 amide bonds. The van der Waals surface area contributed by atoms with Crippen LogP contribution in [-0.2, 0) is 25.7 Å². The van der Waals surface area contributed by atoms with Crippen molar-refractivity contribution in [1.29, 1.82) is 0 Å². The van der Waals surface area contributed by atoms with Crippen LogP contribution in [0.15, 0.2) is 30.3 Å². The number of amides is 2. The van der Waals surface area contributed by atoms with Crippen LogP contribution in [0.1, 0.15) is 25.8 Å². The quantitative estimate of drug-likeness (QED) is 0.527. The first-order valence-electron chi connectivity index (χ1n) is 7.20. The van der Waals surface area contributed by atoms with Crippen molar-refractivity contribution in [3.8, 4) is 0 Å². The molecule has 0 aliphatic heterocycles. The average molecular weight is 306 g/mol. The van der Waals surface area contributed by atoms with Gasteiger partial charge in [0.15, 0.2) is 0 Å². The highest BCUT2D eigenvalue weighted by Crippen LogP contribution is 2.04. The standard InChI is InChI=1S/C16H22N2O4/c1-12(2)8-14(18-11-19)16(21)17-9-15(20)22-10-13-6-4-3-5-7-13/h3-7,11-12,14H,8-10H2,1-2H3,(H,17,21)(H,18,19). The third kappa shape index (κ3) is 6.88. The number of rotatable bonds is 9. The number of esters is 1. The van der Waals surface area contributed by atoms with Gasteiger partial charge in [-0.1, -0.05) is 44.2 Å². The lowest BCUT2D eigenvalue weighted by molar-refractivity contribution is -0.145. The van der Waals surface area contributed by atoms with Crippen molar-refractivity contribution in [3.63, 3.8) is 0 Å². The molecule has 6 nitrogen and oxygen atoms in total. The summed E-state index contributed by atoms with van der Waals surface area (Å²) in [5.74, 6) is -0.669. The Morgan fingerprint density at radius 1 is 1.23 bits per heavy atom. The third-order valence-corrected chi connectivity index (χ3v) is 2.94. The van der Waals surface area contributed by atoms with Gasteiger partial charge < -0.3 is 15.4 Å². The zero-order valence-corrected chi connectivity index (χ0v) is 12.9. The molecule has 0 saturated heterocycles. The van der Waals surface area contributed by atoms with Crippen LogP contribution in [0.3, 0.4) is 0 Å². The first-order chi connectivity index (χ1) is 10.5. The van der Waals surface area contributed by atoms with Gasteiger partial charge in [0.05, 0.1) is 0 Å². The van der Waals surface area contributed by atoms with Crippen molar-refractivity contribution < 1.29 is 19.1 Å². The normalized spacial score (nSPS) is 11.6. The zero-order valence-electron chi connectivity index (χ0n) is 12.9. The van der Waals surface area contributed by atoms with E-state index >= 15 is 0 Å². The Kier molecular flexibility index (Phi) is 7.67. The minimum absolute atomic E-state index is 0.164. The minimum Gasteiger partial charge on any atom is -0.460 e. The molecule has 0 aromatic heterocycles. The fraction of sp³-hybridized carbons (Fsp3) is 0.438. The molecule has 1 atom stereocenters. The fourth-order valence-corrected chi connectivity index (χ4v) is 1.88. The van der Waals surface area contributed by atoms with Gasteiger partial charge in [0.25, 0.3) is 0 Å². The number of ether oxygens (including phenoxy) is 1. The van der Waals surface area contributed by atoms with Crippen LogP contribution in [0.4, 0.5) is 0 Å². The molecule has 120 valence electrons. The average Bonchev–Trinajstić information content (AvgIpc) is 2.50. The van der Waals surface area contributed by atoms with E-state index < -0.39 is 17.9 Å². The summed E-state index contributed by atoms with van der Waals surface area (Å²) < 4.78 is 5.06. The summed E-state index contributed by atoms with van der Waals surface area (Å²) in [5, 5.41) is 4.92. The highest BCUT2D eigenvalue weighted by atomic mass is 16.5. The number of benzene rings is 1. The SMILES string of the molecule is CC(C)CC(NC=O)C(=O)NCC(=O)OCc1ccccc1. The van der Waals surface area contributed by atoms with E-state index in [1.807, 2.05) is 44.2 Å². The van der Waals surface area contributed by atoms with Gasteiger partial charge in [-0.05, 0) is 17.9 Å². The molecular formula is C16H22N2O4. The third-order valence-electron chi connectivity index (χ3n) is 2.94. The van der Waals surface area contributed by atoms with E-state index in [0.29, 0.717) is 12.8 Å². The van der Waals surface area contributed by atoms with Crippen LogP contribution in [0.2, 0.25) is 0 Å². The monoisotopic (exact) mass is 306 g/mol. The molecule has 0 spiro atoms. The summed E-state index contributed by atoms with van der Waals surface area (Å²) in [7, 11) is 0. The number of nitrogens with one attached hydrogen (secondary N) is 2. The van der Waals surface area contributed by atoms with Gasteiger partial charge in [0.2, 0.25) is 12.3 Å². The van der Waals surface area contributed by atoms with Crippen molar-refractivity contribution in [2.45, 2.75) is 32.9 Å². The first-order valence-corrected chi connectivity index (χ1v) is 7.20. The van der Waals surface area contributed by atoms with Crippen molar-refractivity contribution in [2.75, 3.05) is 6.54 Å². The van der Waals surface area contributed by atoms with Crippen molar-refractivity contribution in [1.82, 2.24) is 10.6 Å². The smallest absolute Gasteiger partial charge is 0.325 e. The maximum Gasteiger partial charge on any atom is 0.325 e. The Bertz CT molecular complexity index is 488. The Balaban J connectivity index is 2.35. The lowest BCUT2D eigenvalue weighted by Crippen LogP contribution is -2.46. The molecule has 1 aromatic rings. The van der Waals surface area contributed by atoms with Gasteiger partial charge >= 0.3 is 5.97 Å². The van der Waals surface area contributed by atoms with Crippen molar-refractivity contribution in [2.24, 2.45) is 5.92 Å². The summed E-state index contributed by atoms with van der Waals surface area (Å²) in [6.07, 6.45) is 0.990. The largest absolute Gasteiger partial charge is 0.460 e. The molecule has 1 unspecified atom stereocenters. The molecule has 0 heterocycles. The summed E-state index contributed by atoms with van der Waals surface area (Å²) >= 11 is 0. The molecule has 0 saturated carbocycles. The van der Waals surface area contributed by atoms with E-state index in [1.165, 1.54) is 0 Å². The predicted octanol–water partition coefficient (Wildman–Crippen LogP) is 1.01. The molecule has 1 rings (SSSR count). The van der Waals surface area contributed by atoms with E-state index in [9.17, 15) is 14.4 Å². The molecule has 22 heavy (non-hydrogen) atoms. The van der Waals surface area contributed by atoms with Gasteiger partial charge in [-0.2, -0.15) is 0 Å². The maximum atomic E-state index is 11.9. The predicted molar refractivity (Wildman–Crippen MR) is 81.7 cm³/mol. The van der Waals surface area contributed by atoms with Gasteiger partial charge in [0.1, 0.15) is 19.2 Å². The summed E-state index contributed by atoms with van der Waals surface area (Å²) in [4.78, 5) is 34.0. The molecule has 0 fully saturated rings. The molecule has 6 heteroatoms. The second-order valence-electron chi connectivity index (χ2n) is 5.33. The van der Waals surface area contributed by atoms with Crippen LogP contribution in [0.25, 0.3) is 0 Å². The molecule has 0 radical (unpaired) electrons. The van der Waals surface area contributed by atoms with E-state index in [1.54, 1.807) is 0 Å². The zero-order chi connectivity index (χ0) is 16.4. The number of carbonyl (C=O) groups is 3. The molecule has 2 N–H and O–H groups in total. The van der Waals surface area contributed by atoms with Crippen LogP contribution in [0.5, 0.6) is 0 Å². The van der Waals surface area contributed by atoms with Crippen LogP contribution >= 0.6 is 0 Å². The summed E-state index contributed by atoms with van der Waals surface area (Å²) in [6, 6.07) is 8.63. The summed E-state index contributed by atoms with van der Waals surface area (Å²) in [6.45, 7) is 3.83. The number of hydrogen-bond acceptors (Lipinski definition) is 4. The fourth-order valence-electron chi connectivity index (χ4n) is 1.88. The topological polar surface area (TPSA) is 84.5 Å².